The van der Waals surface area contributed by atoms with E-state index in [1.54, 1.807) is 0 Å². The summed E-state index contributed by atoms with van der Waals surface area (Å²) in [4.78, 5) is 32.3. The van der Waals surface area contributed by atoms with Crippen molar-refractivity contribution < 1.29 is 4.79 Å². The van der Waals surface area contributed by atoms with E-state index in [2.05, 4.69) is 64.1 Å². The molecule has 36 heavy (non-hydrogen) atoms. The van der Waals surface area contributed by atoms with Gasteiger partial charge in [-0.2, -0.15) is 4.98 Å². The van der Waals surface area contributed by atoms with E-state index in [-0.39, 0.29) is 17.1 Å². The van der Waals surface area contributed by atoms with Crippen LogP contribution in [0.3, 0.4) is 0 Å². The molecule has 3 heterocycles. The topological polar surface area (TPSA) is 55.8 Å². The van der Waals surface area contributed by atoms with Gasteiger partial charge in [0.05, 0.1) is 12.1 Å². The van der Waals surface area contributed by atoms with Crippen molar-refractivity contribution in [2.75, 3.05) is 50.1 Å². The van der Waals surface area contributed by atoms with Gasteiger partial charge in [0, 0.05) is 31.4 Å². The summed E-state index contributed by atoms with van der Waals surface area (Å²) in [6.07, 6.45) is 12.1. The second-order valence-electron chi connectivity index (χ2n) is 11.7. The first-order valence-corrected chi connectivity index (χ1v) is 13.9. The fourth-order valence-corrected chi connectivity index (χ4v) is 7.04. The smallest absolute Gasteiger partial charge is 0.326 e. The van der Waals surface area contributed by atoms with Gasteiger partial charge in [0.2, 0.25) is 5.95 Å². The van der Waals surface area contributed by atoms with Crippen LogP contribution < -0.4 is 9.80 Å². The average Bonchev–Trinajstić information content (AvgIpc) is 3.50. The standard InChI is InChI=1S/C29H40N6O/c1-32(2)29(24-11-4-3-5-12-24)16-14-28(15-17-29)22-34(27(36)35(28)21-23-9-8-10-23)25-13-18-30-26(31-25)33-19-6-7-20-33/h3-5,11-13,18,23H,6-10,14-17,19-22H2,1-2H3/t28-,29+. The quantitative estimate of drug-likeness (QED) is 0.580. The third-order valence-corrected chi connectivity index (χ3v) is 9.62. The molecule has 7 nitrogen and oxygen atoms in total. The van der Waals surface area contributed by atoms with Gasteiger partial charge in [0.25, 0.3) is 0 Å². The van der Waals surface area contributed by atoms with E-state index in [4.69, 9.17) is 4.98 Å². The van der Waals surface area contributed by atoms with Crippen LogP contribution in [0.15, 0.2) is 42.6 Å². The second-order valence-corrected chi connectivity index (χ2v) is 11.7. The first kappa shape index (κ1) is 23.7. The van der Waals surface area contributed by atoms with Crippen LogP contribution in [0.5, 0.6) is 0 Å². The largest absolute Gasteiger partial charge is 0.341 e. The van der Waals surface area contributed by atoms with Gasteiger partial charge in [0.15, 0.2) is 0 Å². The molecule has 192 valence electrons. The van der Waals surface area contributed by atoms with Crippen LogP contribution >= 0.6 is 0 Å². The molecule has 0 bridgehead atoms. The zero-order valence-electron chi connectivity index (χ0n) is 21.9. The summed E-state index contributed by atoms with van der Waals surface area (Å²) in [7, 11) is 4.42. The van der Waals surface area contributed by atoms with Gasteiger partial charge in [0.1, 0.15) is 5.82 Å². The predicted molar refractivity (Wildman–Crippen MR) is 143 cm³/mol. The lowest BCUT2D eigenvalue weighted by atomic mass is 9.68. The zero-order valence-corrected chi connectivity index (χ0v) is 21.9. The molecule has 7 heteroatoms. The van der Waals surface area contributed by atoms with Crippen molar-refractivity contribution in [3.63, 3.8) is 0 Å². The SMILES string of the molecule is CN(C)[C@]1(c2ccccc2)CC[C@]2(CC1)CN(c1ccnc(N3CCCC3)n1)C(=O)N2CC1CCC1. The number of aromatic nitrogens is 2. The van der Waals surface area contributed by atoms with E-state index in [1.165, 1.54) is 37.7 Å². The highest BCUT2D eigenvalue weighted by atomic mass is 16.2. The van der Waals surface area contributed by atoms with Crippen molar-refractivity contribution in [2.45, 2.75) is 68.9 Å². The van der Waals surface area contributed by atoms with E-state index in [0.717, 1.165) is 63.6 Å². The summed E-state index contributed by atoms with van der Waals surface area (Å²) in [5.74, 6) is 2.18. The summed E-state index contributed by atoms with van der Waals surface area (Å²) >= 11 is 0. The zero-order chi connectivity index (χ0) is 24.8. The minimum absolute atomic E-state index is 0.0168. The Hall–Kier alpha value is -2.67. The van der Waals surface area contributed by atoms with Crippen molar-refractivity contribution >= 4 is 17.8 Å². The Bertz CT molecular complexity index is 1070. The third-order valence-electron chi connectivity index (χ3n) is 9.62. The lowest BCUT2D eigenvalue weighted by Gasteiger charge is -2.51. The number of anilines is 2. The lowest BCUT2D eigenvalue weighted by Crippen LogP contribution is -2.56. The van der Waals surface area contributed by atoms with E-state index in [9.17, 15) is 4.79 Å². The number of carbonyl (C=O) groups is 1. The Morgan fingerprint density at radius 2 is 1.69 bits per heavy atom. The van der Waals surface area contributed by atoms with Crippen LogP contribution in [0.1, 0.15) is 63.4 Å². The fraction of sp³-hybridized carbons (Fsp3) is 0.621. The van der Waals surface area contributed by atoms with Gasteiger partial charge in [-0.05, 0) is 83.0 Å². The third kappa shape index (κ3) is 3.96. The number of hydrogen-bond acceptors (Lipinski definition) is 5. The van der Waals surface area contributed by atoms with Crippen LogP contribution in [0.25, 0.3) is 0 Å². The molecular formula is C29H40N6O. The van der Waals surface area contributed by atoms with Crippen molar-refractivity contribution in [3.05, 3.63) is 48.2 Å². The molecule has 1 aromatic heterocycles. The Morgan fingerprint density at radius 1 is 0.972 bits per heavy atom. The fourth-order valence-electron chi connectivity index (χ4n) is 7.04. The van der Waals surface area contributed by atoms with Crippen molar-refractivity contribution in [1.29, 1.82) is 0 Å². The highest BCUT2D eigenvalue weighted by Gasteiger charge is 2.55. The van der Waals surface area contributed by atoms with Gasteiger partial charge in [-0.3, -0.25) is 9.80 Å². The van der Waals surface area contributed by atoms with Gasteiger partial charge in [-0.25, -0.2) is 9.78 Å². The van der Waals surface area contributed by atoms with Crippen LogP contribution in [-0.2, 0) is 5.54 Å². The normalized spacial score (nSPS) is 29.0. The van der Waals surface area contributed by atoms with Crippen LogP contribution in [-0.4, -0.2) is 71.6 Å². The number of hydrogen-bond donors (Lipinski definition) is 0. The molecule has 0 unspecified atom stereocenters. The van der Waals surface area contributed by atoms with Gasteiger partial charge < -0.3 is 9.80 Å². The Labute approximate surface area is 215 Å². The first-order chi connectivity index (χ1) is 17.5. The van der Waals surface area contributed by atoms with Gasteiger partial charge in [-0.1, -0.05) is 36.8 Å². The Kier molecular flexibility index (Phi) is 6.14. The number of nitrogens with zero attached hydrogens (tertiary/aromatic N) is 6. The Balaban J connectivity index is 1.29. The number of amides is 2. The van der Waals surface area contributed by atoms with E-state index in [1.807, 2.05) is 17.2 Å². The molecule has 2 aromatic rings. The molecular weight excluding hydrogens is 448 g/mol. The summed E-state index contributed by atoms with van der Waals surface area (Å²) in [6.45, 7) is 3.62. The summed E-state index contributed by atoms with van der Waals surface area (Å²) < 4.78 is 0. The molecule has 0 radical (unpaired) electrons. The molecule has 2 aliphatic carbocycles. The number of benzene rings is 1. The van der Waals surface area contributed by atoms with E-state index < -0.39 is 0 Å². The minimum Gasteiger partial charge on any atom is -0.341 e. The number of urea groups is 1. The molecule has 0 N–H and O–H groups in total. The maximum atomic E-state index is 14.0. The summed E-state index contributed by atoms with van der Waals surface area (Å²) in [5, 5.41) is 0. The predicted octanol–water partition coefficient (Wildman–Crippen LogP) is 4.89. The van der Waals surface area contributed by atoms with Crippen molar-refractivity contribution in [3.8, 4) is 0 Å². The molecule has 1 spiro atoms. The Morgan fingerprint density at radius 3 is 2.33 bits per heavy atom. The van der Waals surface area contributed by atoms with Crippen LogP contribution in [0.4, 0.5) is 16.6 Å². The lowest BCUT2D eigenvalue weighted by molar-refractivity contribution is 0.0172. The monoisotopic (exact) mass is 488 g/mol. The highest BCUT2D eigenvalue weighted by molar-refractivity contribution is 5.94. The van der Waals surface area contributed by atoms with E-state index >= 15 is 0 Å². The molecule has 6 rings (SSSR count). The molecule has 4 aliphatic rings. The van der Waals surface area contributed by atoms with Gasteiger partial charge in [-0.15, -0.1) is 0 Å². The highest BCUT2D eigenvalue weighted by Crippen LogP contribution is 2.50. The van der Waals surface area contributed by atoms with Crippen molar-refractivity contribution in [2.24, 2.45) is 5.92 Å². The second kappa shape index (κ2) is 9.33. The minimum atomic E-state index is -0.125. The van der Waals surface area contributed by atoms with Crippen LogP contribution in [0, 0.1) is 5.92 Å². The summed E-state index contributed by atoms with van der Waals surface area (Å²) in [5.41, 5.74) is 1.28. The summed E-state index contributed by atoms with van der Waals surface area (Å²) in [6, 6.07) is 13.0. The molecule has 2 amide bonds. The number of rotatable bonds is 6. The molecule has 2 saturated carbocycles. The molecule has 1 aromatic carbocycles. The van der Waals surface area contributed by atoms with Crippen molar-refractivity contribution in [1.82, 2.24) is 19.8 Å². The van der Waals surface area contributed by atoms with E-state index in [0.29, 0.717) is 5.92 Å². The average molecular weight is 489 g/mol. The maximum Gasteiger partial charge on any atom is 0.326 e. The molecule has 0 atom stereocenters. The molecule has 2 saturated heterocycles. The first-order valence-electron chi connectivity index (χ1n) is 13.9. The van der Waals surface area contributed by atoms with Gasteiger partial charge >= 0.3 is 6.03 Å². The molecule has 4 fully saturated rings. The molecule has 2 aliphatic heterocycles. The van der Waals surface area contributed by atoms with Crippen LogP contribution in [0.2, 0.25) is 0 Å². The number of carbonyl (C=O) groups excluding carboxylic acids is 1. The maximum absolute atomic E-state index is 14.0.